The van der Waals surface area contributed by atoms with Gasteiger partial charge in [-0.25, -0.2) is 0 Å². The van der Waals surface area contributed by atoms with Gasteiger partial charge in [-0.2, -0.15) is 0 Å². The van der Waals surface area contributed by atoms with Gasteiger partial charge in [-0.05, 0) is 56.5 Å². The first-order valence-corrected chi connectivity index (χ1v) is 11.9. The second-order valence-corrected chi connectivity index (χ2v) is 8.93. The highest BCUT2D eigenvalue weighted by Gasteiger charge is 2.34. The predicted octanol–water partition coefficient (Wildman–Crippen LogP) is 4.46. The minimum absolute atomic E-state index is 0.304. The Morgan fingerprint density at radius 1 is 1.03 bits per heavy atom. The molecule has 2 amide bonds. The second kappa shape index (κ2) is 9.24. The van der Waals surface area contributed by atoms with E-state index in [4.69, 9.17) is 0 Å². The molecule has 1 aromatic heterocycles. The summed E-state index contributed by atoms with van der Waals surface area (Å²) in [5.41, 5.74) is 3.38. The minimum Gasteiger partial charge on any atom is -0.350 e. The number of fused-ring (bicyclic) bond motifs is 1. The Morgan fingerprint density at radius 2 is 1.82 bits per heavy atom. The standard InChI is InChI=1S/C27H30N4O2/c1-2-22(18-10-8-9-15-28-16-18)31-17-21(20-13-6-7-14-23(20)31)24-25(27(33)30-26(24)32)29-19-11-4-3-5-12-19/h3-7,11-14,17-18,22,28H,2,8-10,15-16H2,1H3,(H2,29,30,32,33). The molecule has 0 aliphatic carbocycles. The molecule has 3 aromatic rings. The van der Waals surface area contributed by atoms with Crippen LogP contribution in [0.5, 0.6) is 0 Å². The first-order chi connectivity index (χ1) is 16.2. The Balaban J connectivity index is 1.63. The molecule has 0 bridgehead atoms. The third-order valence-corrected chi connectivity index (χ3v) is 6.89. The van der Waals surface area contributed by atoms with E-state index in [0.717, 1.165) is 41.7 Å². The summed E-state index contributed by atoms with van der Waals surface area (Å²) in [7, 11) is 0. The number of carbonyl (C=O) groups excluding carboxylic acids is 2. The van der Waals surface area contributed by atoms with Gasteiger partial charge in [0, 0.05) is 34.4 Å². The average Bonchev–Trinajstić information content (AvgIpc) is 3.18. The van der Waals surface area contributed by atoms with Crippen molar-refractivity contribution in [3.8, 4) is 0 Å². The van der Waals surface area contributed by atoms with Crippen LogP contribution in [0, 0.1) is 5.92 Å². The highest BCUT2D eigenvalue weighted by atomic mass is 16.2. The normalized spacial score (nSPS) is 20.1. The topological polar surface area (TPSA) is 75.2 Å². The van der Waals surface area contributed by atoms with E-state index < -0.39 is 5.91 Å². The molecule has 2 aliphatic heterocycles. The number of nitrogens with one attached hydrogen (secondary N) is 3. The molecule has 3 heterocycles. The van der Waals surface area contributed by atoms with Crippen LogP contribution in [-0.2, 0) is 9.59 Å². The monoisotopic (exact) mass is 442 g/mol. The van der Waals surface area contributed by atoms with Gasteiger partial charge in [-0.15, -0.1) is 0 Å². The van der Waals surface area contributed by atoms with Gasteiger partial charge in [0.05, 0.1) is 5.57 Å². The summed E-state index contributed by atoms with van der Waals surface area (Å²) < 4.78 is 2.34. The van der Waals surface area contributed by atoms with Crippen LogP contribution in [-0.4, -0.2) is 29.5 Å². The summed E-state index contributed by atoms with van der Waals surface area (Å²) in [5.74, 6) is -0.225. The van der Waals surface area contributed by atoms with Gasteiger partial charge in [0.15, 0.2) is 0 Å². The molecule has 6 heteroatoms. The number of hydrogen-bond donors (Lipinski definition) is 3. The van der Waals surface area contributed by atoms with E-state index in [0.29, 0.717) is 23.2 Å². The van der Waals surface area contributed by atoms with E-state index in [1.54, 1.807) is 0 Å². The fraction of sp³-hybridized carbons (Fsp3) is 0.333. The molecule has 0 radical (unpaired) electrons. The van der Waals surface area contributed by atoms with Crippen molar-refractivity contribution >= 4 is 34.0 Å². The van der Waals surface area contributed by atoms with Crippen molar-refractivity contribution in [1.82, 2.24) is 15.2 Å². The average molecular weight is 443 g/mol. The number of carbonyl (C=O) groups is 2. The summed E-state index contributed by atoms with van der Waals surface area (Å²) in [5, 5.41) is 10.3. The molecule has 0 saturated carbocycles. The molecule has 0 spiro atoms. The first-order valence-electron chi connectivity index (χ1n) is 11.9. The van der Waals surface area contributed by atoms with E-state index in [1.807, 2.05) is 48.5 Å². The maximum Gasteiger partial charge on any atom is 0.275 e. The highest BCUT2D eigenvalue weighted by Crippen LogP contribution is 2.37. The number of hydrogen-bond acceptors (Lipinski definition) is 4. The van der Waals surface area contributed by atoms with Gasteiger partial charge in [0.1, 0.15) is 5.70 Å². The molecule has 1 fully saturated rings. The molecule has 2 aliphatic rings. The quantitative estimate of drug-likeness (QED) is 0.493. The Labute approximate surface area is 194 Å². The van der Waals surface area contributed by atoms with Crippen molar-refractivity contribution in [3.63, 3.8) is 0 Å². The lowest BCUT2D eigenvalue weighted by Crippen LogP contribution is -2.28. The molecular weight excluding hydrogens is 412 g/mol. The maximum atomic E-state index is 13.0. The summed E-state index contributed by atoms with van der Waals surface area (Å²) in [6, 6.07) is 18.0. The lowest BCUT2D eigenvalue weighted by molar-refractivity contribution is -0.123. The van der Waals surface area contributed by atoms with Gasteiger partial charge in [-0.3, -0.25) is 14.9 Å². The Bertz CT molecular complexity index is 1200. The third-order valence-electron chi connectivity index (χ3n) is 6.89. The zero-order chi connectivity index (χ0) is 22.8. The molecule has 2 unspecified atom stereocenters. The molecule has 3 N–H and O–H groups in total. The predicted molar refractivity (Wildman–Crippen MR) is 132 cm³/mol. The largest absolute Gasteiger partial charge is 0.350 e. The van der Waals surface area contributed by atoms with Gasteiger partial charge in [-0.1, -0.05) is 49.7 Å². The van der Waals surface area contributed by atoms with Crippen LogP contribution < -0.4 is 16.0 Å². The fourth-order valence-corrected chi connectivity index (χ4v) is 5.31. The number of aromatic nitrogens is 1. The van der Waals surface area contributed by atoms with Crippen LogP contribution in [0.25, 0.3) is 16.5 Å². The fourth-order valence-electron chi connectivity index (χ4n) is 5.31. The van der Waals surface area contributed by atoms with Crippen LogP contribution in [0.1, 0.15) is 44.2 Å². The van der Waals surface area contributed by atoms with Gasteiger partial charge in [0.25, 0.3) is 11.8 Å². The number of para-hydroxylation sites is 2. The molecule has 1 saturated heterocycles. The molecule has 6 nitrogen and oxygen atoms in total. The number of nitrogens with zero attached hydrogens (tertiary/aromatic N) is 1. The molecule has 2 atom stereocenters. The van der Waals surface area contributed by atoms with Crippen LogP contribution in [0.15, 0.2) is 66.5 Å². The van der Waals surface area contributed by atoms with E-state index in [9.17, 15) is 9.59 Å². The molecule has 170 valence electrons. The van der Waals surface area contributed by atoms with Crippen LogP contribution in [0.2, 0.25) is 0 Å². The van der Waals surface area contributed by atoms with Crippen LogP contribution >= 0.6 is 0 Å². The number of imide groups is 1. The summed E-state index contributed by atoms with van der Waals surface area (Å²) in [6.45, 7) is 4.31. The molecule has 33 heavy (non-hydrogen) atoms. The van der Waals surface area contributed by atoms with E-state index in [2.05, 4.69) is 39.7 Å². The Hall–Kier alpha value is -3.38. The molecule has 2 aromatic carbocycles. The second-order valence-electron chi connectivity index (χ2n) is 8.93. The van der Waals surface area contributed by atoms with E-state index >= 15 is 0 Å². The van der Waals surface area contributed by atoms with Crippen molar-refractivity contribution in [3.05, 3.63) is 72.1 Å². The maximum absolute atomic E-state index is 13.0. The number of amides is 2. The van der Waals surface area contributed by atoms with Crippen molar-refractivity contribution in [2.75, 3.05) is 18.4 Å². The van der Waals surface area contributed by atoms with Crippen molar-refractivity contribution in [1.29, 1.82) is 0 Å². The van der Waals surface area contributed by atoms with Gasteiger partial charge >= 0.3 is 0 Å². The number of benzene rings is 2. The lowest BCUT2D eigenvalue weighted by Gasteiger charge is -2.27. The minimum atomic E-state index is -0.393. The van der Waals surface area contributed by atoms with Gasteiger partial charge in [0.2, 0.25) is 0 Å². The van der Waals surface area contributed by atoms with E-state index in [1.165, 1.54) is 19.3 Å². The highest BCUT2D eigenvalue weighted by molar-refractivity contribution is 6.38. The Morgan fingerprint density at radius 3 is 2.64 bits per heavy atom. The van der Waals surface area contributed by atoms with Crippen LogP contribution in [0.3, 0.4) is 0 Å². The Kier molecular flexibility index (Phi) is 6.01. The van der Waals surface area contributed by atoms with E-state index in [-0.39, 0.29) is 5.91 Å². The molecule has 5 rings (SSSR count). The van der Waals surface area contributed by atoms with Crippen molar-refractivity contribution in [2.45, 2.75) is 38.6 Å². The summed E-state index contributed by atoms with van der Waals surface area (Å²) in [4.78, 5) is 25.7. The zero-order valence-corrected chi connectivity index (χ0v) is 18.9. The third kappa shape index (κ3) is 4.07. The van der Waals surface area contributed by atoms with Gasteiger partial charge < -0.3 is 15.2 Å². The van der Waals surface area contributed by atoms with Crippen LogP contribution in [0.4, 0.5) is 5.69 Å². The van der Waals surface area contributed by atoms with Crippen molar-refractivity contribution < 1.29 is 9.59 Å². The smallest absolute Gasteiger partial charge is 0.275 e. The molecular formula is C27H30N4O2. The van der Waals surface area contributed by atoms with Crippen molar-refractivity contribution in [2.24, 2.45) is 5.92 Å². The summed E-state index contributed by atoms with van der Waals surface area (Å²) >= 11 is 0. The number of rotatable bonds is 6. The lowest BCUT2D eigenvalue weighted by atomic mass is 9.92. The SMILES string of the molecule is CCC(C1CCCCNC1)n1cc(C2=C(Nc3ccccc3)C(=O)NC2=O)c2ccccc21. The zero-order valence-electron chi connectivity index (χ0n) is 18.9. The first kappa shape index (κ1) is 21.5. The summed E-state index contributed by atoms with van der Waals surface area (Å²) in [6.07, 6.45) is 6.73. The number of anilines is 1.